The van der Waals surface area contributed by atoms with Crippen LogP contribution < -0.4 is 5.32 Å². The minimum Gasteiger partial charge on any atom is -0.295 e. The summed E-state index contributed by atoms with van der Waals surface area (Å²) in [5.41, 5.74) is 1.08. The molecule has 0 atom stereocenters. The molecule has 0 aliphatic heterocycles. The first-order valence-corrected chi connectivity index (χ1v) is 5.94. The first-order chi connectivity index (χ1) is 7.68. The standard InChI is InChI=1S/C13H17ClN2/c1-3-13(4-2,16-10-9-15)11-5-7-12(14)8-6-11/h5-8,16H,3-4,10H2,1-2H3. The molecule has 0 fully saturated rings. The van der Waals surface area contributed by atoms with Gasteiger partial charge in [-0.1, -0.05) is 37.6 Å². The van der Waals surface area contributed by atoms with Gasteiger partial charge in [0.15, 0.2) is 0 Å². The zero-order chi connectivity index (χ0) is 12.0. The maximum Gasteiger partial charge on any atom is 0.0847 e. The van der Waals surface area contributed by atoms with Crippen molar-refractivity contribution in [3.05, 3.63) is 34.9 Å². The number of rotatable bonds is 5. The molecule has 2 nitrogen and oxygen atoms in total. The highest BCUT2D eigenvalue weighted by Gasteiger charge is 2.27. The maximum absolute atomic E-state index is 8.68. The molecule has 0 saturated heterocycles. The summed E-state index contributed by atoms with van der Waals surface area (Å²) in [6.45, 7) is 4.62. The highest BCUT2D eigenvalue weighted by Crippen LogP contribution is 2.29. The first kappa shape index (κ1) is 13.0. The van der Waals surface area contributed by atoms with Crippen LogP contribution in [0.2, 0.25) is 5.02 Å². The zero-order valence-corrected chi connectivity index (χ0v) is 10.5. The largest absolute Gasteiger partial charge is 0.295 e. The fraction of sp³-hybridized carbons (Fsp3) is 0.462. The third-order valence-corrected chi connectivity index (χ3v) is 3.36. The average Bonchev–Trinajstić information content (AvgIpc) is 2.33. The van der Waals surface area contributed by atoms with Gasteiger partial charge in [-0.2, -0.15) is 5.26 Å². The summed E-state index contributed by atoms with van der Waals surface area (Å²) in [5, 5.41) is 12.7. The van der Waals surface area contributed by atoms with Crippen LogP contribution in [0.5, 0.6) is 0 Å². The SMILES string of the molecule is CCC(CC)(NCC#N)c1ccc(Cl)cc1. The predicted octanol–water partition coefficient (Wildman–Crippen LogP) is 3.47. The second kappa shape index (κ2) is 5.89. The van der Waals surface area contributed by atoms with Gasteiger partial charge in [-0.25, -0.2) is 0 Å². The van der Waals surface area contributed by atoms with Gasteiger partial charge in [0.25, 0.3) is 0 Å². The second-order valence-corrected chi connectivity index (χ2v) is 4.24. The van der Waals surface area contributed by atoms with Gasteiger partial charge in [-0.3, -0.25) is 5.32 Å². The second-order valence-electron chi connectivity index (χ2n) is 3.81. The number of nitriles is 1. The lowest BCUT2D eigenvalue weighted by Crippen LogP contribution is -2.41. The summed E-state index contributed by atoms with van der Waals surface area (Å²) in [6, 6.07) is 9.98. The van der Waals surface area contributed by atoms with E-state index in [9.17, 15) is 0 Å². The van der Waals surface area contributed by atoms with E-state index in [4.69, 9.17) is 16.9 Å². The molecule has 0 heterocycles. The molecule has 1 rings (SSSR count). The summed E-state index contributed by atoms with van der Waals surface area (Å²) < 4.78 is 0. The third-order valence-electron chi connectivity index (χ3n) is 3.11. The predicted molar refractivity (Wildman–Crippen MR) is 67.3 cm³/mol. The Kier molecular flexibility index (Phi) is 4.79. The summed E-state index contributed by atoms with van der Waals surface area (Å²) >= 11 is 5.88. The van der Waals surface area contributed by atoms with Crippen LogP contribution >= 0.6 is 11.6 Å². The summed E-state index contributed by atoms with van der Waals surface area (Å²) in [4.78, 5) is 0. The topological polar surface area (TPSA) is 35.8 Å². The van der Waals surface area contributed by atoms with Crippen molar-refractivity contribution in [1.29, 1.82) is 5.26 Å². The van der Waals surface area contributed by atoms with Gasteiger partial charge in [0.1, 0.15) is 0 Å². The third kappa shape index (κ3) is 2.75. The van der Waals surface area contributed by atoms with Crippen LogP contribution in [0.4, 0.5) is 0 Å². The van der Waals surface area contributed by atoms with E-state index in [0.29, 0.717) is 6.54 Å². The van der Waals surface area contributed by atoms with E-state index in [1.165, 1.54) is 5.56 Å². The van der Waals surface area contributed by atoms with Crippen LogP contribution in [-0.2, 0) is 5.54 Å². The Labute approximate surface area is 102 Å². The molecule has 0 bridgehead atoms. The number of nitrogens with zero attached hydrogens (tertiary/aromatic N) is 1. The van der Waals surface area contributed by atoms with Crippen LogP contribution in [0, 0.1) is 11.3 Å². The highest BCUT2D eigenvalue weighted by molar-refractivity contribution is 6.30. The smallest absolute Gasteiger partial charge is 0.0847 e. The van der Waals surface area contributed by atoms with Gasteiger partial charge < -0.3 is 0 Å². The van der Waals surface area contributed by atoms with Crippen molar-refractivity contribution in [3.63, 3.8) is 0 Å². The lowest BCUT2D eigenvalue weighted by molar-refractivity contribution is 0.323. The van der Waals surface area contributed by atoms with E-state index >= 15 is 0 Å². The van der Waals surface area contributed by atoms with Crippen molar-refractivity contribution in [2.75, 3.05) is 6.54 Å². The molecule has 0 aliphatic rings. The molecular weight excluding hydrogens is 220 g/mol. The molecule has 0 aromatic heterocycles. The number of hydrogen-bond donors (Lipinski definition) is 1. The van der Waals surface area contributed by atoms with Gasteiger partial charge in [0.05, 0.1) is 12.6 Å². The molecule has 1 N–H and O–H groups in total. The average molecular weight is 237 g/mol. The first-order valence-electron chi connectivity index (χ1n) is 5.56. The Morgan fingerprint density at radius 3 is 2.25 bits per heavy atom. The van der Waals surface area contributed by atoms with Crippen LogP contribution in [0.1, 0.15) is 32.3 Å². The fourth-order valence-corrected chi connectivity index (χ4v) is 2.11. The maximum atomic E-state index is 8.68. The van der Waals surface area contributed by atoms with Crippen LogP contribution in [-0.4, -0.2) is 6.54 Å². The van der Waals surface area contributed by atoms with E-state index in [1.54, 1.807) is 0 Å². The Bertz CT molecular complexity index is 361. The van der Waals surface area contributed by atoms with Crippen molar-refractivity contribution in [2.24, 2.45) is 0 Å². The molecule has 3 heteroatoms. The molecule has 1 aromatic rings. The quantitative estimate of drug-likeness (QED) is 0.795. The molecular formula is C13H17ClN2. The van der Waals surface area contributed by atoms with Gasteiger partial charge in [-0.15, -0.1) is 0 Å². The van der Waals surface area contributed by atoms with Crippen LogP contribution in [0.15, 0.2) is 24.3 Å². The minimum atomic E-state index is -0.111. The van der Waals surface area contributed by atoms with Gasteiger partial charge in [-0.05, 0) is 30.5 Å². The fourth-order valence-electron chi connectivity index (χ4n) is 1.99. The van der Waals surface area contributed by atoms with Crippen molar-refractivity contribution < 1.29 is 0 Å². The van der Waals surface area contributed by atoms with Crippen molar-refractivity contribution in [1.82, 2.24) is 5.32 Å². The molecule has 16 heavy (non-hydrogen) atoms. The van der Waals surface area contributed by atoms with E-state index in [-0.39, 0.29) is 5.54 Å². The lowest BCUT2D eigenvalue weighted by Gasteiger charge is -2.33. The molecule has 0 saturated carbocycles. The Morgan fingerprint density at radius 2 is 1.81 bits per heavy atom. The van der Waals surface area contributed by atoms with Gasteiger partial charge in [0.2, 0.25) is 0 Å². The highest BCUT2D eigenvalue weighted by atomic mass is 35.5. The number of halogens is 1. The number of hydrogen-bond acceptors (Lipinski definition) is 2. The normalized spacial score (nSPS) is 11.1. The monoisotopic (exact) mass is 236 g/mol. The summed E-state index contributed by atoms with van der Waals surface area (Å²) in [5.74, 6) is 0. The summed E-state index contributed by atoms with van der Waals surface area (Å²) in [7, 11) is 0. The Balaban J connectivity index is 3.00. The van der Waals surface area contributed by atoms with E-state index in [0.717, 1.165) is 17.9 Å². The number of nitrogens with one attached hydrogen (secondary N) is 1. The molecule has 0 aliphatic carbocycles. The summed E-state index contributed by atoms with van der Waals surface area (Å²) in [6.07, 6.45) is 1.90. The molecule has 0 unspecified atom stereocenters. The van der Waals surface area contributed by atoms with Gasteiger partial charge >= 0.3 is 0 Å². The molecule has 0 radical (unpaired) electrons. The zero-order valence-electron chi connectivity index (χ0n) is 9.76. The van der Waals surface area contributed by atoms with Crippen molar-refractivity contribution >= 4 is 11.6 Å². The lowest BCUT2D eigenvalue weighted by atomic mass is 9.84. The van der Waals surface area contributed by atoms with Gasteiger partial charge in [0, 0.05) is 10.6 Å². The van der Waals surface area contributed by atoms with Crippen molar-refractivity contribution in [2.45, 2.75) is 32.2 Å². The Hall–Kier alpha value is -1.04. The molecule has 1 aromatic carbocycles. The van der Waals surface area contributed by atoms with E-state index in [2.05, 4.69) is 25.2 Å². The number of benzene rings is 1. The minimum absolute atomic E-state index is 0.111. The van der Waals surface area contributed by atoms with E-state index < -0.39 is 0 Å². The van der Waals surface area contributed by atoms with Crippen LogP contribution in [0.25, 0.3) is 0 Å². The van der Waals surface area contributed by atoms with Crippen molar-refractivity contribution in [3.8, 4) is 6.07 Å². The van der Waals surface area contributed by atoms with E-state index in [1.807, 2.05) is 24.3 Å². The molecule has 0 amide bonds. The molecule has 0 spiro atoms. The molecule has 86 valence electrons. The Morgan fingerprint density at radius 1 is 1.25 bits per heavy atom. The van der Waals surface area contributed by atoms with Crippen LogP contribution in [0.3, 0.4) is 0 Å².